The van der Waals surface area contributed by atoms with Crippen LogP contribution in [0.4, 0.5) is 4.79 Å². The summed E-state index contributed by atoms with van der Waals surface area (Å²) < 4.78 is 33.6. The minimum atomic E-state index is -3.61. The first kappa shape index (κ1) is 20.2. The Hall–Kier alpha value is -1.12. The zero-order valence-corrected chi connectivity index (χ0v) is 17.1. The number of thiophene rings is 1. The second-order valence-electron chi connectivity index (χ2n) is 7.54. The minimum absolute atomic E-state index is 0.265. The summed E-state index contributed by atoms with van der Waals surface area (Å²) in [7, 11) is -3.61. The predicted octanol–water partition coefficient (Wildman–Crippen LogP) is 3.48. The number of alkyl carbamates (subject to hydrolysis) is 1. The Labute approximate surface area is 154 Å². The van der Waals surface area contributed by atoms with Crippen LogP contribution in [0.5, 0.6) is 0 Å². The Morgan fingerprint density at radius 3 is 2.32 bits per heavy atom. The van der Waals surface area contributed by atoms with Crippen molar-refractivity contribution in [1.29, 1.82) is 0 Å². The first-order chi connectivity index (χ1) is 11.5. The van der Waals surface area contributed by atoms with E-state index in [2.05, 4.69) is 10.0 Å². The van der Waals surface area contributed by atoms with Crippen LogP contribution in [-0.2, 0) is 14.8 Å². The third kappa shape index (κ3) is 5.69. The van der Waals surface area contributed by atoms with Crippen LogP contribution in [0.2, 0.25) is 0 Å². The maximum absolute atomic E-state index is 12.7. The first-order valence-corrected chi connectivity index (χ1v) is 10.9. The summed E-state index contributed by atoms with van der Waals surface area (Å²) in [6, 6.07) is 1.10. The third-order valence-electron chi connectivity index (χ3n) is 4.06. The van der Waals surface area contributed by atoms with Gasteiger partial charge in [-0.15, -0.1) is 11.3 Å². The number of nitrogens with one attached hydrogen (secondary N) is 2. The average Bonchev–Trinajstić information content (AvgIpc) is 2.78. The number of hydrogen-bond acceptors (Lipinski definition) is 5. The lowest BCUT2D eigenvalue weighted by molar-refractivity contribution is 0.0483. The van der Waals surface area contributed by atoms with E-state index in [1.807, 2.05) is 13.8 Å². The number of carbonyl (C=O) groups is 1. The van der Waals surface area contributed by atoms with E-state index < -0.39 is 21.7 Å². The molecule has 6 nitrogen and oxygen atoms in total. The summed E-state index contributed by atoms with van der Waals surface area (Å²) in [5.74, 6) is 0. The molecule has 1 aromatic rings. The zero-order chi connectivity index (χ0) is 18.8. The van der Waals surface area contributed by atoms with E-state index in [4.69, 9.17) is 4.74 Å². The molecule has 25 heavy (non-hydrogen) atoms. The molecule has 142 valence electrons. The topological polar surface area (TPSA) is 84.5 Å². The molecule has 2 N–H and O–H groups in total. The fraction of sp³-hybridized carbons (Fsp3) is 0.706. The van der Waals surface area contributed by atoms with Crippen molar-refractivity contribution in [2.24, 2.45) is 0 Å². The Morgan fingerprint density at radius 2 is 1.80 bits per heavy atom. The molecule has 1 aliphatic rings. The van der Waals surface area contributed by atoms with Gasteiger partial charge in [0.2, 0.25) is 10.0 Å². The quantitative estimate of drug-likeness (QED) is 0.827. The lowest BCUT2D eigenvalue weighted by atomic mass is 9.91. The molecule has 2 atom stereocenters. The van der Waals surface area contributed by atoms with Crippen molar-refractivity contribution in [1.82, 2.24) is 10.0 Å². The molecule has 0 bridgehead atoms. The second kappa shape index (κ2) is 7.63. The normalized spacial score (nSPS) is 21.8. The van der Waals surface area contributed by atoms with Crippen molar-refractivity contribution < 1.29 is 17.9 Å². The van der Waals surface area contributed by atoms with Crippen LogP contribution >= 0.6 is 11.3 Å². The number of sulfonamides is 1. The average molecular weight is 389 g/mol. The second-order valence-corrected chi connectivity index (χ2v) is 10.7. The van der Waals surface area contributed by atoms with Gasteiger partial charge < -0.3 is 10.1 Å². The van der Waals surface area contributed by atoms with Crippen molar-refractivity contribution in [3.63, 3.8) is 0 Å². The molecular formula is C17H28N2O4S2. The van der Waals surface area contributed by atoms with Crippen LogP contribution in [-0.4, -0.2) is 32.2 Å². The van der Waals surface area contributed by atoms with Gasteiger partial charge in [0.25, 0.3) is 0 Å². The number of aryl methyl sites for hydroxylation is 2. The van der Waals surface area contributed by atoms with Crippen molar-refractivity contribution in [2.45, 2.75) is 82.9 Å². The van der Waals surface area contributed by atoms with Gasteiger partial charge in [0.05, 0.1) is 4.90 Å². The monoisotopic (exact) mass is 388 g/mol. The van der Waals surface area contributed by atoms with Gasteiger partial charge in [-0.2, -0.15) is 0 Å². The number of ether oxygens (including phenoxy) is 1. The predicted molar refractivity (Wildman–Crippen MR) is 99.5 cm³/mol. The molecule has 0 saturated heterocycles. The van der Waals surface area contributed by atoms with Gasteiger partial charge in [-0.05, 0) is 53.5 Å². The highest BCUT2D eigenvalue weighted by Gasteiger charge is 2.32. The molecule has 1 heterocycles. The molecule has 8 heteroatoms. The SMILES string of the molecule is Cc1cc(S(=O)(=O)NC2CCCCC2NC(=O)OC(C)(C)C)c(C)s1. The van der Waals surface area contributed by atoms with Crippen molar-refractivity contribution in [3.05, 3.63) is 15.8 Å². The van der Waals surface area contributed by atoms with Crippen molar-refractivity contribution in [2.75, 3.05) is 0 Å². The molecule has 1 aliphatic carbocycles. The summed E-state index contributed by atoms with van der Waals surface area (Å²) in [5, 5.41) is 2.83. The van der Waals surface area contributed by atoms with Crippen LogP contribution in [0.15, 0.2) is 11.0 Å². The molecule has 1 fully saturated rings. The van der Waals surface area contributed by atoms with Crippen molar-refractivity contribution >= 4 is 27.5 Å². The smallest absolute Gasteiger partial charge is 0.407 e. The van der Waals surface area contributed by atoms with Crippen molar-refractivity contribution in [3.8, 4) is 0 Å². The molecule has 0 spiro atoms. The molecule has 2 unspecified atom stereocenters. The van der Waals surface area contributed by atoms with Gasteiger partial charge in [0.1, 0.15) is 5.60 Å². The van der Waals surface area contributed by atoms with Crippen LogP contribution in [0, 0.1) is 13.8 Å². The Kier molecular flexibility index (Phi) is 6.17. The van der Waals surface area contributed by atoms with E-state index in [9.17, 15) is 13.2 Å². The highest BCUT2D eigenvalue weighted by molar-refractivity contribution is 7.89. The summed E-state index contributed by atoms with van der Waals surface area (Å²) in [4.78, 5) is 14.1. The minimum Gasteiger partial charge on any atom is -0.444 e. The summed E-state index contributed by atoms with van der Waals surface area (Å²) in [6.07, 6.45) is 2.80. The van der Waals surface area contributed by atoms with Gasteiger partial charge >= 0.3 is 6.09 Å². The zero-order valence-electron chi connectivity index (χ0n) is 15.5. The highest BCUT2D eigenvalue weighted by Crippen LogP contribution is 2.27. The number of rotatable bonds is 4. The van der Waals surface area contributed by atoms with Gasteiger partial charge in [-0.25, -0.2) is 17.9 Å². The fourth-order valence-corrected chi connectivity index (χ4v) is 5.91. The Balaban J connectivity index is 2.10. The Bertz CT molecular complexity index is 719. The highest BCUT2D eigenvalue weighted by atomic mass is 32.2. The summed E-state index contributed by atoms with van der Waals surface area (Å²) >= 11 is 1.47. The summed E-state index contributed by atoms with van der Waals surface area (Å²) in [5.41, 5.74) is -0.584. The van der Waals surface area contributed by atoms with Gasteiger partial charge in [-0.1, -0.05) is 12.8 Å². The van der Waals surface area contributed by atoms with E-state index in [0.717, 1.165) is 29.0 Å². The molecule has 0 aromatic carbocycles. The largest absolute Gasteiger partial charge is 0.444 e. The first-order valence-electron chi connectivity index (χ1n) is 8.57. The van der Waals surface area contributed by atoms with Crippen LogP contribution in [0.25, 0.3) is 0 Å². The van der Waals surface area contributed by atoms with E-state index in [0.29, 0.717) is 11.3 Å². The van der Waals surface area contributed by atoms with Gasteiger partial charge in [-0.3, -0.25) is 0 Å². The van der Waals surface area contributed by atoms with E-state index >= 15 is 0 Å². The molecule has 0 radical (unpaired) electrons. The van der Waals surface area contributed by atoms with E-state index in [-0.39, 0.29) is 12.1 Å². The van der Waals surface area contributed by atoms with Gasteiger partial charge in [0, 0.05) is 21.8 Å². The van der Waals surface area contributed by atoms with Crippen LogP contribution in [0.1, 0.15) is 56.2 Å². The maximum atomic E-state index is 12.7. The molecule has 1 aromatic heterocycles. The van der Waals surface area contributed by atoms with Gasteiger partial charge in [0.15, 0.2) is 0 Å². The van der Waals surface area contributed by atoms with Crippen LogP contribution < -0.4 is 10.0 Å². The molecule has 1 saturated carbocycles. The van der Waals surface area contributed by atoms with E-state index in [1.54, 1.807) is 26.8 Å². The Morgan fingerprint density at radius 1 is 1.20 bits per heavy atom. The third-order valence-corrected chi connectivity index (χ3v) is 6.77. The molecular weight excluding hydrogens is 360 g/mol. The lowest BCUT2D eigenvalue weighted by Gasteiger charge is -2.33. The maximum Gasteiger partial charge on any atom is 0.407 e. The molecule has 0 aliphatic heterocycles. The molecule has 1 amide bonds. The standard InChI is InChI=1S/C17H28N2O4S2/c1-11-10-15(12(2)24-11)25(21,22)19-14-9-7-6-8-13(14)18-16(20)23-17(3,4)5/h10,13-14,19H,6-9H2,1-5H3,(H,18,20). The number of amides is 1. The number of hydrogen-bond donors (Lipinski definition) is 2. The van der Waals surface area contributed by atoms with Crippen LogP contribution in [0.3, 0.4) is 0 Å². The molecule has 2 rings (SSSR count). The lowest BCUT2D eigenvalue weighted by Crippen LogP contribution is -2.53. The number of carbonyl (C=O) groups excluding carboxylic acids is 1. The van der Waals surface area contributed by atoms with E-state index in [1.165, 1.54) is 11.3 Å². The fourth-order valence-electron chi connectivity index (χ4n) is 3.04. The summed E-state index contributed by atoms with van der Waals surface area (Å²) in [6.45, 7) is 9.10.